The summed E-state index contributed by atoms with van der Waals surface area (Å²) in [5.74, 6) is 2.38. The van der Waals surface area contributed by atoms with E-state index in [4.69, 9.17) is 9.47 Å². The highest BCUT2D eigenvalue weighted by atomic mass is 127. The van der Waals surface area contributed by atoms with Crippen molar-refractivity contribution in [2.24, 2.45) is 4.99 Å². The van der Waals surface area contributed by atoms with Crippen LogP contribution in [0, 0.1) is 0 Å². The smallest absolute Gasteiger partial charge is 0.191 e. The summed E-state index contributed by atoms with van der Waals surface area (Å²) in [5.41, 5.74) is 1.02. The molecule has 0 aliphatic carbocycles. The van der Waals surface area contributed by atoms with E-state index in [1.165, 1.54) is 4.88 Å². The predicted molar refractivity (Wildman–Crippen MR) is 116 cm³/mol. The highest BCUT2D eigenvalue weighted by molar-refractivity contribution is 14.0. The molecule has 0 fully saturated rings. The van der Waals surface area contributed by atoms with Crippen LogP contribution in [0.25, 0.3) is 0 Å². The van der Waals surface area contributed by atoms with Crippen molar-refractivity contribution < 1.29 is 9.47 Å². The molecule has 0 saturated carbocycles. The van der Waals surface area contributed by atoms with Gasteiger partial charge < -0.3 is 20.1 Å². The summed E-state index contributed by atoms with van der Waals surface area (Å²) in [4.78, 5) is 6.01. The lowest BCUT2D eigenvalue weighted by Crippen LogP contribution is -2.38. The number of guanidine groups is 1. The van der Waals surface area contributed by atoms with E-state index in [0.717, 1.165) is 42.5 Å². The van der Waals surface area contributed by atoms with E-state index in [1.807, 2.05) is 18.2 Å². The van der Waals surface area contributed by atoms with Gasteiger partial charge in [0.25, 0.3) is 0 Å². The van der Waals surface area contributed by atoms with Crippen molar-refractivity contribution in [1.82, 2.24) is 10.6 Å². The number of ether oxygens (including phenoxy) is 2. The Morgan fingerprint density at radius 2 is 2.00 bits per heavy atom. The van der Waals surface area contributed by atoms with Gasteiger partial charge in [-0.1, -0.05) is 6.07 Å². The summed E-state index contributed by atoms with van der Waals surface area (Å²) in [6.07, 6.45) is 0.994. The number of thiophene rings is 1. The molecular weight excluding hydrogens is 449 g/mol. The van der Waals surface area contributed by atoms with Crippen LogP contribution in [0.5, 0.6) is 11.5 Å². The first-order valence-electron chi connectivity index (χ1n) is 8.02. The molecule has 1 aromatic heterocycles. The van der Waals surface area contributed by atoms with Gasteiger partial charge in [-0.05, 0) is 36.9 Å². The second-order valence-corrected chi connectivity index (χ2v) is 6.16. The first-order chi connectivity index (χ1) is 11.8. The molecule has 0 spiro atoms. The zero-order valence-corrected chi connectivity index (χ0v) is 18.0. The number of benzene rings is 1. The first kappa shape index (κ1) is 21.6. The lowest BCUT2D eigenvalue weighted by atomic mass is 10.2. The minimum Gasteiger partial charge on any atom is -0.497 e. The third-order valence-electron chi connectivity index (χ3n) is 3.49. The summed E-state index contributed by atoms with van der Waals surface area (Å²) in [6, 6.07) is 10.0. The molecular formula is C18H26IN3O2S. The summed E-state index contributed by atoms with van der Waals surface area (Å²) in [5, 5.41) is 8.74. The maximum absolute atomic E-state index is 5.42. The maximum Gasteiger partial charge on any atom is 0.191 e. The van der Waals surface area contributed by atoms with Crippen LogP contribution >= 0.6 is 35.3 Å². The van der Waals surface area contributed by atoms with E-state index in [0.29, 0.717) is 6.54 Å². The van der Waals surface area contributed by atoms with Crippen molar-refractivity contribution in [3.05, 3.63) is 46.2 Å². The Bertz CT molecular complexity index is 648. The predicted octanol–water partition coefficient (Wildman–Crippen LogP) is 3.68. The van der Waals surface area contributed by atoms with Crippen LogP contribution in [0.2, 0.25) is 0 Å². The molecule has 7 heteroatoms. The Kier molecular flexibility index (Phi) is 10.3. The molecule has 0 amide bonds. The van der Waals surface area contributed by atoms with Gasteiger partial charge >= 0.3 is 0 Å². The number of methoxy groups -OCH3 is 2. The van der Waals surface area contributed by atoms with E-state index in [1.54, 1.807) is 25.6 Å². The van der Waals surface area contributed by atoms with Crippen LogP contribution in [0.1, 0.15) is 17.4 Å². The molecule has 1 aromatic carbocycles. The largest absolute Gasteiger partial charge is 0.497 e. The summed E-state index contributed by atoms with van der Waals surface area (Å²) in [7, 11) is 3.31. The van der Waals surface area contributed by atoms with E-state index in [-0.39, 0.29) is 24.0 Å². The lowest BCUT2D eigenvalue weighted by molar-refractivity contribution is 0.391. The van der Waals surface area contributed by atoms with Crippen molar-refractivity contribution in [1.29, 1.82) is 0 Å². The minimum atomic E-state index is 0. The number of rotatable bonds is 8. The number of aliphatic imine (C=N–C) groups is 1. The van der Waals surface area contributed by atoms with Crippen molar-refractivity contribution >= 4 is 41.3 Å². The maximum atomic E-state index is 5.42. The molecule has 25 heavy (non-hydrogen) atoms. The van der Waals surface area contributed by atoms with Crippen LogP contribution in [0.4, 0.5) is 0 Å². The average molecular weight is 475 g/mol. The van der Waals surface area contributed by atoms with Crippen molar-refractivity contribution in [2.75, 3.05) is 27.3 Å². The highest BCUT2D eigenvalue weighted by Gasteiger charge is 2.05. The molecule has 0 aliphatic rings. The van der Waals surface area contributed by atoms with Crippen molar-refractivity contribution in [3.8, 4) is 11.5 Å². The molecule has 0 radical (unpaired) electrons. The normalized spacial score (nSPS) is 10.8. The topological polar surface area (TPSA) is 54.9 Å². The molecule has 2 aromatic rings. The quantitative estimate of drug-likeness (QED) is 0.348. The molecule has 138 valence electrons. The Labute approximate surface area is 170 Å². The number of halogens is 1. The van der Waals surface area contributed by atoms with Crippen LogP contribution in [0.15, 0.2) is 40.7 Å². The molecule has 2 rings (SSSR count). The van der Waals surface area contributed by atoms with Gasteiger partial charge in [0.15, 0.2) is 5.96 Å². The van der Waals surface area contributed by atoms with Gasteiger partial charge in [-0.15, -0.1) is 35.3 Å². The van der Waals surface area contributed by atoms with Crippen molar-refractivity contribution in [3.63, 3.8) is 0 Å². The molecule has 0 saturated heterocycles. The number of hydrogen-bond acceptors (Lipinski definition) is 4. The monoisotopic (exact) mass is 475 g/mol. The summed E-state index contributed by atoms with van der Waals surface area (Å²) >= 11 is 1.78. The van der Waals surface area contributed by atoms with Gasteiger partial charge in [0.1, 0.15) is 11.5 Å². The Morgan fingerprint density at radius 3 is 2.64 bits per heavy atom. The van der Waals surface area contributed by atoms with E-state index < -0.39 is 0 Å². The van der Waals surface area contributed by atoms with Crippen LogP contribution in [-0.4, -0.2) is 33.3 Å². The fourth-order valence-corrected chi connectivity index (χ4v) is 2.96. The third-order valence-corrected chi connectivity index (χ3v) is 4.43. The lowest BCUT2D eigenvalue weighted by Gasteiger charge is -2.12. The average Bonchev–Trinajstić information content (AvgIpc) is 3.13. The molecule has 0 unspecified atom stereocenters. The van der Waals surface area contributed by atoms with Gasteiger partial charge in [-0.2, -0.15) is 0 Å². The second-order valence-electron chi connectivity index (χ2n) is 5.13. The SMILES string of the molecule is CCNC(=NCc1ccc(OC)cc1OC)NCCc1cccs1.I. The van der Waals surface area contributed by atoms with Gasteiger partial charge in [-0.25, -0.2) is 4.99 Å². The third kappa shape index (κ3) is 7.11. The molecule has 2 N–H and O–H groups in total. The van der Waals surface area contributed by atoms with E-state index in [9.17, 15) is 0 Å². The summed E-state index contributed by atoms with van der Waals surface area (Å²) in [6.45, 7) is 4.28. The Balaban J connectivity index is 0.00000312. The second kappa shape index (κ2) is 12.0. The minimum absolute atomic E-state index is 0. The van der Waals surface area contributed by atoms with Gasteiger partial charge in [0.2, 0.25) is 0 Å². The number of nitrogens with one attached hydrogen (secondary N) is 2. The number of hydrogen-bond donors (Lipinski definition) is 2. The fourth-order valence-electron chi connectivity index (χ4n) is 2.25. The van der Waals surface area contributed by atoms with Gasteiger partial charge in [-0.3, -0.25) is 0 Å². The van der Waals surface area contributed by atoms with Crippen LogP contribution in [0.3, 0.4) is 0 Å². The Morgan fingerprint density at radius 1 is 1.16 bits per heavy atom. The molecule has 1 heterocycles. The van der Waals surface area contributed by atoms with E-state index >= 15 is 0 Å². The van der Waals surface area contributed by atoms with Crippen molar-refractivity contribution in [2.45, 2.75) is 19.9 Å². The first-order valence-corrected chi connectivity index (χ1v) is 8.90. The zero-order valence-electron chi connectivity index (χ0n) is 14.9. The zero-order chi connectivity index (χ0) is 17.2. The van der Waals surface area contributed by atoms with Crippen LogP contribution < -0.4 is 20.1 Å². The van der Waals surface area contributed by atoms with E-state index in [2.05, 4.69) is 40.1 Å². The standard InChI is InChI=1S/C18H25N3O2S.HI/c1-4-19-18(20-10-9-16-6-5-11-24-16)21-13-14-7-8-15(22-2)12-17(14)23-3;/h5-8,11-12H,4,9-10,13H2,1-3H3,(H2,19,20,21);1H. The van der Waals surface area contributed by atoms with Gasteiger partial charge in [0, 0.05) is 29.6 Å². The Hall–Kier alpha value is -1.48. The highest BCUT2D eigenvalue weighted by Crippen LogP contribution is 2.25. The number of nitrogens with zero attached hydrogens (tertiary/aromatic N) is 1. The fraction of sp³-hybridized carbons (Fsp3) is 0.389. The molecule has 0 bridgehead atoms. The molecule has 0 aliphatic heterocycles. The van der Waals surface area contributed by atoms with Crippen LogP contribution in [-0.2, 0) is 13.0 Å². The summed E-state index contributed by atoms with van der Waals surface area (Å²) < 4.78 is 10.6. The molecule has 5 nitrogen and oxygen atoms in total. The van der Waals surface area contributed by atoms with Gasteiger partial charge in [0.05, 0.1) is 20.8 Å². The molecule has 0 atom stereocenters.